The number of hydrogen-bond acceptors (Lipinski definition) is 4. The second-order valence-corrected chi connectivity index (χ2v) is 6.63. The van der Waals surface area contributed by atoms with Crippen LogP contribution < -0.4 is 5.73 Å². The summed E-state index contributed by atoms with van der Waals surface area (Å²) in [7, 11) is -3.16. The monoisotopic (exact) mass is 264 g/mol. The Kier molecular flexibility index (Phi) is 6.40. The van der Waals surface area contributed by atoms with Gasteiger partial charge < -0.3 is 10.8 Å². The smallest absolute Gasteiger partial charge is 0.214 e. The average Bonchev–Trinajstić information content (AvgIpc) is 2.21. The molecule has 17 heavy (non-hydrogen) atoms. The maximum Gasteiger partial charge on any atom is 0.214 e. The van der Waals surface area contributed by atoms with Crippen LogP contribution in [0.5, 0.6) is 0 Å². The zero-order valence-corrected chi connectivity index (χ0v) is 11.2. The Morgan fingerprint density at radius 3 is 2.41 bits per heavy atom. The van der Waals surface area contributed by atoms with Gasteiger partial charge in [-0.05, 0) is 38.6 Å². The van der Waals surface area contributed by atoms with Gasteiger partial charge in [0.25, 0.3) is 0 Å². The number of nitrogens with zero attached hydrogens (tertiary/aromatic N) is 1. The first-order chi connectivity index (χ1) is 8.11. The van der Waals surface area contributed by atoms with E-state index in [0.29, 0.717) is 25.9 Å². The molecule has 1 rings (SSSR count). The lowest BCUT2D eigenvalue weighted by atomic mass is 9.93. The number of sulfonamides is 1. The summed E-state index contributed by atoms with van der Waals surface area (Å²) in [5, 5.41) is 8.83. The van der Waals surface area contributed by atoms with Crippen LogP contribution in [0.2, 0.25) is 0 Å². The highest BCUT2D eigenvalue weighted by Gasteiger charge is 2.32. The molecule has 0 spiro atoms. The molecule has 0 amide bonds. The van der Waals surface area contributed by atoms with Gasteiger partial charge in [0, 0.05) is 19.2 Å². The fourth-order valence-corrected chi connectivity index (χ4v) is 3.87. The van der Waals surface area contributed by atoms with Gasteiger partial charge >= 0.3 is 0 Å². The van der Waals surface area contributed by atoms with E-state index < -0.39 is 10.0 Å². The van der Waals surface area contributed by atoms with Gasteiger partial charge in [-0.2, -0.15) is 4.31 Å². The molecule has 0 aromatic heterocycles. The predicted molar refractivity (Wildman–Crippen MR) is 68.1 cm³/mol. The zero-order valence-electron chi connectivity index (χ0n) is 10.3. The molecule has 0 saturated heterocycles. The van der Waals surface area contributed by atoms with E-state index in [2.05, 4.69) is 0 Å². The molecule has 3 N–H and O–H groups in total. The van der Waals surface area contributed by atoms with Gasteiger partial charge in [0.05, 0.1) is 5.75 Å². The molecule has 5 nitrogen and oxygen atoms in total. The fourth-order valence-electron chi connectivity index (χ4n) is 2.00. The molecule has 0 atom stereocenters. The first-order valence-electron chi connectivity index (χ1n) is 6.42. The van der Waals surface area contributed by atoms with Crippen molar-refractivity contribution in [2.24, 2.45) is 5.73 Å². The Balaban J connectivity index is 2.53. The highest BCUT2D eigenvalue weighted by molar-refractivity contribution is 7.89. The fraction of sp³-hybridized carbons (Fsp3) is 1.00. The Bertz CT molecular complexity index is 302. The van der Waals surface area contributed by atoms with Crippen LogP contribution in [0.3, 0.4) is 0 Å². The van der Waals surface area contributed by atoms with Crippen molar-refractivity contribution in [3.8, 4) is 0 Å². The lowest BCUT2D eigenvalue weighted by molar-refractivity contribution is 0.198. The van der Waals surface area contributed by atoms with Crippen LogP contribution in [-0.2, 0) is 10.0 Å². The van der Waals surface area contributed by atoms with Gasteiger partial charge in [-0.3, -0.25) is 0 Å². The van der Waals surface area contributed by atoms with Gasteiger partial charge in [0.2, 0.25) is 10.0 Å². The molecule has 0 aromatic carbocycles. The van der Waals surface area contributed by atoms with Crippen molar-refractivity contribution in [3.63, 3.8) is 0 Å². The van der Waals surface area contributed by atoms with Crippen molar-refractivity contribution in [2.45, 2.75) is 44.6 Å². The first-order valence-corrected chi connectivity index (χ1v) is 8.03. The molecular formula is C11H24N2O3S. The molecular weight excluding hydrogens is 240 g/mol. The predicted octanol–water partition coefficient (Wildman–Crippen LogP) is 0.292. The van der Waals surface area contributed by atoms with Gasteiger partial charge in [-0.15, -0.1) is 0 Å². The second-order valence-electron chi connectivity index (χ2n) is 4.58. The minimum absolute atomic E-state index is 0.0432. The summed E-state index contributed by atoms with van der Waals surface area (Å²) in [6.45, 7) is 1.03. The van der Waals surface area contributed by atoms with Gasteiger partial charge in [-0.25, -0.2) is 8.42 Å². The molecule has 0 aromatic rings. The van der Waals surface area contributed by atoms with Crippen LogP contribution in [0.15, 0.2) is 0 Å². The van der Waals surface area contributed by atoms with E-state index in [9.17, 15) is 8.42 Å². The summed E-state index contributed by atoms with van der Waals surface area (Å²) in [6, 6.07) is 0.171. The highest BCUT2D eigenvalue weighted by atomic mass is 32.2. The van der Waals surface area contributed by atoms with Crippen LogP contribution in [-0.4, -0.2) is 49.3 Å². The third-order valence-electron chi connectivity index (χ3n) is 3.23. The molecule has 1 fully saturated rings. The van der Waals surface area contributed by atoms with Crippen LogP contribution in [0.4, 0.5) is 0 Å². The van der Waals surface area contributed by atoms with Gasteiger partial charge in [0.1, 0.15) is 0 Å². The molecule has 0 bridgehead atoms. The average molecular weight is 264 g/mol. The standard InChI is InChI=1S/C11H24N2O3S/c12-7-1-2-10-17(15,16)13(8-4-9-14)11-5-3-6-11/h11,14H,1-10,12H2. The molecule has 102 valence electrons. The van der Waals surface area contributed by atoms with Crippen LogP contribution in [0.25, 0.3) is 0 Å². The zero-order chi connectivity index (χ0) is 12.7. The van der Waals surface area contributed by atoms with Crippen molar-refractivity contribution in [2.75, 3.05) is 25.4 Å². The van der Waals surface area contributed by atoms with Crippen molar-refractivity contribution in [3.05, 3.63) is 0 Å². The van der Waals surface area contributed by atoms with Gasteiger partial charge in [-0.1, -0.05) is 6.42 Å². The number of rotatable bonds is 9. The maximum atomic E-state index is 12.1. The lowest BCUT2D eigenvalue weighted by Crippen LogP contribution is -2.45. The van der Waals surface area contributed by atoms with Gasteiger partial charge in [0.15, 0.2) is 0 Å². The molecule has 1 saturated carbocycles. The Morgan fingerprint density at radius 1 is 1.24 bits per heavy atom. The van der Waals surface area contributed by atoms with Crippen molar-refractivity contribution >= 4 is 10.0 Å². The molecule has 0 heterocycles. The Labute approximate surface area is 104 Å². The summed E-state index contributed by atoms with van der Waals surface area (Å²) in [5.41, 5.74) is 5.37. The van der Waals surface area contributed by atoms with Crippen molar-refractivity contribution < 1.29 is 13.5 Å². The largest absolute Gasteiger partial charge is 0.396 e. The normalized spacial score (nSPS) is 17.4. The second kappa shape index (κ2) is 7.31. The van der Waals surface area contributed by atoms with Crippen LogP contribution >= 0.6 is 0 Å². The molecule has 6 heteroatoms. The molecule has 0 unspecified atom stereocenters. The summed E-state index contributed by atoms with van der Waals surface area (Å²) in [4.78, 5) is 0. The van der Waals surface area contributed by atoms with Crippen molar-refractivity contribution in [1.29, 1.82) is 0 Å². The topological polar surface area (TPSA) is 83.6 Å². The summed E-state index contributed by atoms with van der Waals surface area (Å²) in [6.07, 6.45) is 4.92. The van der Waals surface area contributed by atoms with E-state index in [0.717, 1.165) is 25.7 Å². The number of aliphatic hydroxyl groups excluding tert-OH is 1. The Morgan fingerprint density at radius 2 is 1.94 bits per heavy atom. The molecule has 1 aliphatic rings. The molecule has 0 radical (unpaired) electrons. The number of hydrogen-bond donors (Lipinski definition) is 2. The quantitative estimate of drug-likeness (QED) is 0.586. The van der Waals surface area contributed by atoms with Crippen LogP contribution in [0, 0.1) is 0 Å². The molecule has 1 aliphatic carbocycles. The van der Waals surface area contributed by atoms with Crippen molar-refractivity contribution in [1.82, 2.24) is 4.31 Å². The number of nitrogens with two attached hydrogens (primary N) is 1. The van der Waals surface area contributed by atoms with E-state index in [1.54, 1.807) is 4.31 Å². The van der Waals surface area contributed by atoms with E-state index in [4.69, 9.17) is 10.8 Å². The maximum absolute atomic E-state index is 12.1. The lowest BCUT2D eigenvalue weighted by Gasteiger charge is -2.36. The number of aliphatic hydroxyl groups is 1. The minimum Gasteiger partial charge on any atom is -0.396 e. The van der Waals surface area contributed by atoms with E-state index >= 15 is 0 Å². The number of unbranched alkanes of at least 4 members (excludes halogenated alkanes) is 1. The third kappa shape index (κ3) is 4.54. The van der Waals surface area contributed by atoms with E-state index in [1.807, 2.05) is 0 Å². The summed E-state index contributed by atoms with van der Waals surface area (Å²) in [5.74, 6) is 0.187. The highest BCUT2D eigenvalue weighted by Crippen LogP contribution is 2.27. The third-order valence-corrected chi connectivity index (χ3v) is 5.23. The Hall–Kier alpha value is -0.170. The SMILES string of the molecule is NCCCCS(=O)(=O)N(CCCO)C1CCC1. The first kappa shape index (κ1) is 14.9. The van der Waals surface area contributed by atoms with E-state index in [-0.39, 0.29) is 18.4 Å². The summed E-state index contributed by atoms with van der Waals surface area (Å²) >= 11 is 0. The summed E-state index contributed by atoms with van der Waals surface area (Å²) < 4.78 is 25.9. The van der Waals surface area contributed by atoms with Crippen LogP contribution in [0.1, 0.15) is 38.5 Å². The minimum atomic E-state index is -3.16. The van der Waals surface area contributed by atoms with E-state index in [1.165, 1.54) is 0 Å². The molecule has 0 aliphatic heterocycles.